The van der Waals surface area contributed by atoms with Crippen LogP contribution in [0.4, 0.5) is 0 Å². The standard InChI is InChI=1S/C14H21NOS/c1-3-15-13(8-10-17-2)12-6-4-5-11-7-9-16-14(11)12/h4-6,13,15H,3,7-10H2,1-2H3. The summed E-state index contributed by atoms with van der Waals surface area (Å²) in [4.78, 5) is 0. The van der Waals surface area contributed by atoms with Gasteiger partial charge in [0.25, 0.3) is 0 Å². The maximum absolute atomic E-state index is 5.79. The number of benzene rings is 1. The SMILES string of the molecule is CCNC(CCSC)c1cccc2c1OCC2. The van der Waals surface area contributed by atoms with E-state index in [0.29, 0.717) is 6.04 Å². The van der Waals surface area contributed by atoms with Crippen LogP contribution >= 0.6 is 11.8 Å². The third-order valence-electron chi connectivity index (χ3n) is 3.18. The molecule has 0 bridgehead atoms. The highest BCUT2D eigenvalue weighted by Crippen LogP contribution is 2.34. The zero-order chi connectivity index (χ0) is 12.1. The van der Waals surface area contributed by atoms with Gasteiger partial charge in [-0.1, -0.05) is 25.1 Å². The van der Waals surface area contributed by atoms with Gasteiger partial charge in [-0.2, -0.15) is 11.8 Å². The molecule has 0 radical (unpaired) electrons. The molecule has 0 aromatic heterocycles. The predicted molar refractivity (Wildman–Crippen MR) is 75.1 cm³/mol. The highest BCUT2D eigenvalue weighted by molar-refractivity contribution is 7.98. The van der Waals surface area contributed by atoms with E-state index >= 15 is 0 Å². The fraction of sp³-hybridized carbons (Fsp3) is 0.571. The molecule has 1 N–H and O–H groups in total. The number of nitrogens with one attached hydrogen (secondary N) is 1. The summed E-state index contributed by atoms with van der Waals surface area (Å²) in [6.07, 6.45) is 4.38. The minimum atomic E-state index is 0.431. The van der Waals surface area contributed by atoms with Crippen molar-refractivity contribution in [3.05, 3.63) is 29.3 Å². The lowest BCUT2D eigenvalue weighted by molar-refractivity contribution is 0.348. The molecule has 2 nitrogen and oxygen atoms in total. The first-order valence-corrected chi connectivity index (χ1v) is 7.73. The Bertz CT molecular complexity index is 367. The summed E-state index contributed by atoms with van der Waals surface area (Å²) in [6, 6.07) is 6.98. The molecule has 17 heavy (non-hydrogen) atoms. The molecule has 0 aliphatic carbocycles. The molecule has 94 valence electrons. The Labute approximate surface area is 108 Å². The van der Waals surface area contributed by atoms with Crippen LogP contribution in [-0.2, 0) is 6.42 Å². The van der Waals surface area contributed by atoms with Crippen LogP contribution in [0.25, 0.3) is 0 Å². The van der Waals surface area contributed by atoms with Gasteiger partial charge in [0.1, 0.15) is 5.75 Å². The second-order valence-electron chi connectivity index (χ2n) is 4.33. The van der Waals surface area contributed by atoms with E-state index in [-0.39, 0.29) is 0 Å². The number of hydrogen-bond acceptors (Lipinski definition) is 3. The zero-order valence-corrected chi connectivity index (χ0v) is 11.5. The minimum Gasteiger partial charge on any atom is -0.493 e. The Kier molecular flexibility index (Phi) is 4.75. The van der Waals surface area contributed by atoms with Crippen molar-refractivity contribution >= 4 is 11.8 Å². The van der Waals surface area contributed by atoms with Gasteiger partial charge in [0.05, 0.1) is 6.61 Å². The van der Waals surface area contributed by atoms with E-state index in [4.69, 9.17) is 4.74 Å². The van der Waals surface area contributed by atoms with E-state index in [1.54, 1.807) is 0 Å². The Balaban J connectivity index is 2.20. The van der Waals surface area contributed by atoms with Crippen LogP contribution in [0.1, 0.15) is 30.5 Å². The topological polar surface area (TPSA) is 21.3 Å². The average Bonchev–Trinajstić information content (AvgIpc) is 2.82. The highest BCUT2D eigenvalue weighted by atomic mass is 32.2. The lowest BCUT2D eigenvalue weighted by Crippen LogP contribution is -2.22. The molecule has 1 aliphatic rings. The molecule has 0 fully saturated rings. The van der Waals surface area contributed by atoms with Crippen molar-refractivity contribution in [3.63, 3.8) is 0 Å². The fourth-order valence-corrected chi connectivity index (χ4v) is 2.84. The van der Waals surface area contributed by atoms with Crippen molar-refractivity contribution in [1.29, 1.82) is 0 Å². The van der Waals surface area contributed by atoms with E-state index in [9.17, 15) is 0 Å². The van der Waals surface area contributed by atoms with Crippen LogP contribution in [0.3, 0.4) is 0 Å². The molecule has 2 rings (SSSR count). The number of thioether (sulfide) groups is 1. The molecule has 1 aliphatic heterocycles. The molecule has 1 aromatic carbocycles. The van der Waals surface area contributed by atoms with Crippen LogP contribution in [-0.4, -0.2) is 25.2 Å². The monoisotopic (exact) mass is 251 g/mol. The van der Waals surface area contributed by atoms with Gasteiger partial charge < -0.3 is 10.1 Å². The largest absolute Gasteiger partial charge is 0.493 e. The van der Waals surface area contributed by atoms with Crippen LogP contribution < -0.4 is 10.1 Å². The predicted octanol–water partition coefficient (Wildman–Crippen LogP) is 3.03. The molecule has 0 spiro atoms. The van der Waals surface area contributed by atoms with Gasteiger partial charge in [0.15, 0.2) is 0 Å². The van der Waals surface area contributed by atoms with Crippen molar-refractivity contribution in [3.8, 4) is 5.75 Å². The lowest BCUT2D eigenvalue weighted by Gasteiger charge is -2.20. The molecule has 0 saturated carbocycles. The average molecular weight is 251 g/mol. The second-order valence-corrected chi connectivity index (χ2v) is 5.31. The third-order valence-corrected chi connectivity index (χ3v) is 3.83. The van der Waals surface area contributed by atoms with Crippen molar-refractivity contribution in [2.24, 2.45) is 0 Å². The van der Waals surface area contributed by atoms with Gasteiger partial charge in [0, 0.05) is 18.0 Å². The molecule has 0 amide bonds. The minimum absolute atomic E-state index is 0.431. The number of rotatable bonds is 6. The van der Waals surface area contributed by atoms with Gasteiger partial charge in [-0.25, -0.2) is 0 Å². The number of ether oxygens (including phenoxy) is 1. The summed E-state index contributed by atoms with van der Waals surface area (Å²) >= 11 is 1.90. The summed E-state index contributed by atoms with van der Waals surface area (Å²) in [5, 5.41) is 3.57. The zero-order valence-electron chi connectivity index (χ0n) is 10.7. The maximum Gasteiger partial charge on any atom is 0.127 e. The molecular formula is C14H21NOS. The summed E-state index contributed by atoms with van der Waals surface area (Å²) < 4.78 is 5.79. The molecule has 1 heterocycles. The Morgan fingerprint density at radius 1 is 1.47 bits per heavy atom. The van der Waals surface area contributed by atoms with E-state index in [0.717, 1.165) is 31.7 Å². The third kappa shape index (κ3) is 2.96. The van der Waals surface area contributed by atoms with Gasteiger partial charge >= 0.3 is 0 Å². The summed E-state index contributed by atoms with van der Waals surface area (Å²) in [5.41, 5.74) is 2.71. The summed E-state index contributed by atoms with van der Waals surface area (Å²) in [5.74, 6) is 2.32. The van der Waals surface area contributed by atoms with E-state index in [1.165, 1.54) is 16.9 Å². The van der Waals surface area contributed by atoms with Gasteiger partial charge in [0.2, 0.25) is 0 Å². The molecule has 1 aromatic rings. The fourth-order valence-electron chi connectivity index (χ4n) is 2.36. The lowest BCUT2D eigenvalue weighted by atomic mass is 10.00. The summed E-state index contributed by atoms with van der Waals surface area (Å²) in [7, 11) is 0. The maximum atomic E-state index is 5.79. The Morgan fingerprint density at radius 3 is 3.12 bits per heavy atom. The number of fused-ring (bicyclic) bond motifs is 1. The Morgan fingerprint density at radius 2 is 2.35 bits per heavy atom. The summed E-state index contributed by atoms with van der Waals surface area (Å²) in [6.45, 7) is 4.01. The van der Waals surface area contributed by atoms with Crippen molar-refractivity contribution < 1.29 is 4.74 Å². The van der Waals surface area contributed by atoms with Gasteiger partial charge in [-0.3, -0.25) is 0 Å². The number of hydrogen-bond donors (Lipinski definition) is 1. The van der Waals surface area contributed by atoms with E-state index < -0.39 is 0 Å². The first kappa shape index (κ1) is 12.8. The molecule has 1 unspecified atom stereocenters. The Hall–Kier alpha value is -0.670. The first-order valence-electron chi connectivity index (χ1n) is 6.33. The van der Waals surface area contributed by atoms with E-state index in [1.807, 2.05) is 11.8 Å². The van der Waals surface area contributed by atoms with Gasteiger partial charge in [-0.15, -0.1) is 0 Å². The van der Waals surface area contributed by atoms with Crippen LogP contribution in [0.2, 0.25) is 0 Å². The molecule has 0 saturated heterocycles. The first-order chi connectivity index (χ1) is 8.36. The van der Waals surface area contributed by atoms with E-state index in [2.05, 4.69) is 36.7 Å². The molecular weight excluding hydrogens is 230 g/mol. The number of para-hydroxylation sites is 1. The quantitative estimate of drug-likeness (QED) is 0.839. The van der Waals surface area contributed by atoms with Crippen LogP contribution in [0, 0.1) is 0 Å². The normalized spacial score (nSPS) is 15.4. The van der Waals surface area contributed by atoms with Crippen LogP contribution in [0.5, 0.6) is 5.75 Å². The van der Waals surface area contributed by atoms with Crippen LogP contribution in [0.15, 0.2) is 18.2 Å². The second kappa shape index (κ2) is 6.31. The van der Waals surface area contributed by atoms with Gasteiger partial charge in [-0.05, 0) is 30.5 Å². The highest BCUT2D eigenvalue weighted by Gasteiger charge is 2.21. The van der Waals surface area contributed by atoms with Crippen molar-refractivity contribution in [1.82, 2.24) is 5.32 Å². The van der Waals surface area contributed by atoms with Crippen molar-refractivity contribution in [2.75, 3.05) is 25.2 Å². The molecule has 1 atom stereocenters. The molecule has 3 heteroatoms. The van der Waals surface area contributed by atoms with Crippen molar-refractivity contribution in [2.45, 2.75) is 25.8 Å². The smallest absolute Gasteiger partial charge is 0.127 e.